The van der Waals surface area contributed by atoms with Crippen molar-refractivity contribution in [3.05, 3.63) is 53.6 Å². The number of nitrogens with zero attached hydrogens (tertiary/aromatic N) is 5. The molecule has 5 rings (SSSR count). The number of fused-ring (bicyclic) bond motifs is 1. The average molecular weight is 855 g/mol. The highest BCUT2D eigenvalue weighted by molar-refractivity contribution is 6.76. The van der Waals surface area contributed by atoms with Crippen molar-refractivity contribution >= 4 is 41.2 Å². The Balaban J connectivity index is 1.48. The predicted octanol–water partition coefficient (Wildman–Crippen LogP) is 8.86. The maximum absolute atomic E-state index is 15.7. The van der Waals surface area contributed by atoms with E-state index in [-0.39, 0.29) is 38.6 Å². The van der Waals surface area contributed by atoms with Crippen LogP contribution < -0.4 is 10.1 Å². The van der Waals surface area contributed by atoms with Gasteiger partial charge in [0.25, 0.3) is 0 Å². The molecule has 1 atom stereocenters. The van der Waals surface area contributed by atoms with Crippen molar-refractivity contribution in [3.63, 3.8) is 0 Å². The molecular formula is C42H67FN6O6Si3. The highest BCUT2D eigenvalue weighted by atomic mass is 28.3. The smallest absolute Gasteiger partial charge is 0.317 e. The van der Waals surface area contributed by atoms with Gasteiger partial charge in [0.15, 0.2) is 24.2 Å². The second-order valence-electron chi connectivity index (χ2n) is 19.1. The number of hydrogen-bond donors (Lipinski definition) is 2. The van der Waals surface area contributed by atoms with Gasteiger partial charge in [0.05, 0.1) is 23.9 Å². The van der Waals surface area contributed by atoms with Crippen molar-refractivity contribution < 1.29 is 33.2 Å². The largest absolute Gasteiger partial charge is 0.464 e. The molecular weight excluding hydrogens is 788 g/mol. The summed E-state index contributed by atoms with van der Waals surface area (Å²) in [4.78, 5) is 19.6. The summed E-state index contributed by atoms with van der Waals surface area (Å²) in [7, 11) is -3.89. The number of carbonyl (C=O) groups is 1. The van der Waals surface area contributed by atoms with Crippen molar-refractivity contribution in [1.29, 1.82) is 0 Å². The highest BCUT2D eigenvalue weighted by Gasteiger charge is 2.26. The molecule has 3 heterocycles. The number of carbonyl (C=O) groups excluding carboxylic acids is 1. The molecule has 12 nitrogen and oxygen atoms in total. The molecule has 2 amide bonds. The van der Waals surface area contributed by atoms with Crippen LogP contribution in [0.5, 0.6) is 5.75 Å². The van der Waals surface area contributed by atoms with E-state index in [2.05, 4.69) is 71.2 Å². The highest BCUT2D eigenvalue weighted by Crippen LogP contribution is 2.35. The van der Waals surface area contributed by atoms with Gasteiger partial charge in [-0.2, -0.15) is 5.10 Å². The van der Waals surface area contributed by atoms with Crippen LogP contribution in [0.1, 0.15) is 24.6 Å². The summed E-state index contributed by atoms with van der Waals surface area (Å²) >= 11 is 0. The molecule has 1 aliphatic rings. The number of aliphatic hydroxyl groups excluding tert-OH is 1. The maximum Gasteiger partial charge on any atom is 0.317 e. The third kappa shape index (κ3) is 13.3. The summed E-state index contributed by atoms with van der Waals surface area (Å²) in [5.41, 5.74) is 4.74. The van der Waals surface area contributed by atoms with E-state index in [1.165, 1.54) is 0 Å². The van der Waals surface area contributed by atoms with Crippen LogP contribution >= 0.6 is 0 Å². The van der Waals surface area contributed by atoms with Gasteiger partial charge in [-0.25, -0.2) is 18.9 Å². The summed E-state index contributed by atoms with van der Waals surface area (Å²) in [5, 5.41) is 18.9. The van der Waals surface area contributed by atoms with Gasteiger partial charge < -0.3 is 38.8 Å². The number of aryl methyl sites for hydroxylation is 1. The van der Waals surface area contributed by atoms with E-state index in [4.69, 9.17) is 29.0 Å². The van der Waals surface area contributed by atoms with E-state index < -0.39 is 36.1 Å². The van der Waals surface area contributed by atoms with Crippen LogP contribution in [0.4, 0.5) is 9.18 Å². The number of benzene rings is 2. The third-order valence-electron chi connectivity index (χ3n) is 10.2. The minimum atomic E-state index is -1.33. The third-order valence-corrected chi connectivity index (χ3v) is 15.4. The molecule has 16 heteroatoms. The number of aromatic nitrogens is 4. The number of halogens is 1. The molecule has 0 spiro atoms. The number of likely N-dealkylation sites (tertiary alicyclic amines) is 1. The van der Waals surface area contributed by atoms with Crippen molar-refractivity contribution in [2.75, 3.05) is 39.7 Å². The molecule has 0 bridgehead atoms. The number of nitrogens with one attached hydrogen (secondary N) is 1. The number of β-amino-alcohol motifs (C(OH)–C–C–N with tert-alkyl or cyclic N) is 1. The number of amides is 2. The van der Waals surface area contributed by atoms with Gasteiger partial charge in [-0.1, -0.05) is 71.9 Å². The van der Waals surface area contributed by atoms with Crippen molar-refractivity contribution in [2.45, 2.75) is 123 Å². The van der Waals surface area contributed by atoms with Crippen LogP contribution in [-0.4, -0.2) is 105 Å². The fraction of sp³-hybridized carbons (Fsp3) is 0.595. The Labute approximate surface area is 347 Å². The van der Waals surface area contributed by atoms with Gasteiger partial charge in [-0.3, -0.25) is 0 Å². The summed E-state index contributed by atoms with van der Waals surface area (Å²) in [6.45, 7) is 26.3. The van der Waals surface area contributed by atoms with Crippen molar-refractivity contribution in [2.24, 2.45) is 0 Å². The molecule has 0 aliphatic carbocycles. The number of ether oxygens (including phenoxy) is 4. The molecule has 1 aliphatic heterocycles. The van der Waals surface area contributed by atoms with E-state index in [0.29, 0.717) is 63.0 Å². The van der Waals surface area contributed by atoms with Crippen LogP contribution in [0.25, 0.3) is 33.5 Å². The first-order valence-corrected chi connectivity index (χ1v) is 31.9. The zero-order valence-electron chi connectivity index (χ0n) is 36.5. The molecule has 0 unspecified atom stereocenters. The second-order valence-corrected chi connectivity index (χ2v) is 36.0. The Kier molecular flexibility index (Phi) is 15.6. The normalized spacial score (nSPS) is 15.2. The quantitative estimate of drug-likeness (QED) is 0.0484. The monoisotopic (exact) mass is 854 g/mol. The maximum atomic E-state index is 15.7. The minimum Gasteiger partial charge on any atom is -0.464 e. The van der Waals surface area contributed by atoms with E-state index in [9.17, 15) is 9.90 Å². The lowest BCUT2D eigenvalue weighted by atomic mass is 9.96. The first-order valence-electron chi connectivity index (χ1n) is 20.8. The molecule has 58 heavy (non-hydrogen) atoms. The number of urea groups is 1. The summed E-state index contributed by atoms with van der Waals surface area (Å²) < 4.78 is 43.4. The standard InChI is InChI=1S/C42H67FN6O6Si3/c1-11-31-23-39(55-30-54-18-21-58(8,9)10)37(43)24-36(31)32-12-13-35-38(22-32)49(29-53-17-20-57(5,6)7)46-40(35)41-45-33(25-44-42(51)47-15-14-34(50)27-47)26-48(41)28-52-16-19-56(2,3)4/h12-13,22-24,26,34,50H,11,14-21,25,27-30H2,1-10H3,(H,44,51)/t34-/m1/s1. The van der Waals surface area contributed by atoms with Crippen molar-refractivity contribution in [3.8, 4) is 28.4 Å². The van der Waals surface area contributed by atoms with Gasteiger partial charge in [0.1, 0.15) is 19.2 Å². The van der Waals surface area contributed by atoms with Gasteiger partial charge >= 0.3 is 6.03 Å². The van der Waals surface area contributed by atoms with E-state index in [1.54, 1.807) is 17.0 Å². The molecule has 4 aromatic rings. The Bertz CT molecular complexity index is 1990. The Morgan fingerprint density at radius 2 is 1.57 bits per heavy atom. The Morgan fingerprint density at radius 1 is 0.914 bits per heavy atom. The fourth-order valence-corrected chi connectivity index (χ4v) is 8.80. The minimum absolute atomic E-state index is 0.00526. The van der Waals surface area contributed by atoms with Gasteiger partial charge in [0, 0.05) is 68.7 Å². The van der Waals surface area contributed by atoms with Crippen LogP contribution in [0, 0.1) is 5.82 Å². The summed E-state index contributed by atoms with van der Waals surface area (Å²) in [5.74, 6) is 0.352. The van der Waals surface area contributed by atoms with E-state index in [0.717, 1.165) is 45.7 Å². The van der Waals surface area contributed by atoms with Gasteiger partial charge in [-0.05, 0) is 71.9 Å². The first kappa shape index (κ1) is 45.7. The number of imidazole rings is 1. The lowest BCUT2D eigenvalue weighted by Crippen LogP contribution is -2.38. The van der Waals surface area contributed by atoms with E-state index in [1.807, 2.05) is 33.6 Å². The Hall–Kier alpha value is -3.39. The van der Waals surface area contributed by atoms with E-state index >= 15 is 4.39 Å². The van der Waals surface area contributed by atoms with Crippen LogP contribution in [0.15, 0.2) is 36.5 Å². The molecule has 0 saturated carbocycles. The van der Waals surface area contributed by atoms with Gasteiger partial charge in [-0.15, -0.1) is 0 Å². The summed E-state index contributed by atoms with van der Waals surface area (Å²) in [6.07, 6.45) is 2.66. The molecule has 2 N–H and O–H groups in total. The molecule has 0 radical (unpaired) electrons. The van der Waals surface area contributed by atoms with Crippen LogP contribution in [0.3, 0.4) is 0 Å². The summed E-state index contributed by atoms with van der Waals surface area (Å²) in [6, 6.07) is 12.2. The average Bonchev–Trinajstić information content (AvgIpc) is 3.86. The van der Waals surface area contributed by atoms with Crippen LogP contribution in [-0.2, 0) is 40.6 Å². The predicted molar refractivity (Wildman–Crippen MR) is 238 cm³/mol. The van der Waals surface area contributed by atoms with Gasteiger partial charge in [0.2, 0.25) is 0 Å². The second kappa shape index (κ2) is 19.8. The molecule has 1 fully saturated rings. The molecule has 2 aromatic heterocycles. The zero-order chi connectivity index (χ0) is 42.3. The molecule has 320 valence electrons. The fourth-order valence-electron chi connectivity index (χ4n) is 6.53. The SMILES string of the molecule is CCc1cc(OCOCC[Si](C)(C)C)c(F)cc1-c1ccc2c(-c3nc(CNC(=O)N4CC[C@@H](O)C4)cn3COCC[Si](C)(C)C)nn(COCC[Si](C)(C)C)c2c1. The van der Waals surface area contributed by atoms with Crippen molar-refractivity contribution in [1.82, 2.24) is 29.5 Å². The lowest BCUT2D eigenvalue weighted by molar-refractivity contribution is 0.0197. The number of aliphatic hydroxyl groups is 1. The zero-order valence-corrected chi connectivity index (χ0v) is 39.5. The molecule has 1 saturated heterocycles. The first-order chi connectivity index (χ1) is 27.3. The Morgan fingerprint density at radius 3 is 2.19 bits per heavy atom. The molecule has 2 aromatic carbocycles. The number of rotatable bonds is 21. The topological polar surface area (TPSA) is 125 Å². The lowest BCUT2D eigenvalue weighted by Gasteiger charge is -2.16. The number of hydrogen-bond acceptors (Lipinski definition) is 8. The van der Waals surface area contributed by atoms with Crippen LogP contribution in [0.2, 0.25) is 77.1 Å².